The molecule has 1 aromatic heterocycles. The van der Waals surface area contributed by atoms with Crippen LogP contribution in [0, 0.1) is 5.92 Å². The van der Waals surface area contributed by atoms with Crippen molar-refractivity contribution in [2.75, 3.05) is 19.6 Å². The molecule has 0 radical (unpaired) electrons. The van der Waals surface area contributed by atoms with Crippen LogP contribution in [-0.2, 0) is 11.3 Å². The first kappa shape index (κ1) is 17.2. The second-order valence-corrected chi connectivity index (χ2v) is 4.18. The van der Waals surface area contributed by atoms with Gasteiger partial charge in [-0.1, -0.05) is 0 Å². The van der Waals surface area contributed by atoms with Crippen molar-refractivity contribution < 1.29 is 4.79 Å². The van der Waals surface area contributed by atoms with Gasteiger partial charge in [0.25, 0.3) is 0 Å². The number of nitrogens with zero attached hydrogens (tertiary/aromatic N) is 2. The fourth-order valence-electron chi connectivity index (χ4n) is 1.88. The highest BCUT2D eigenvalue weighted by Crippen LogP contribution is 2.05. The molecule has 1 unspecified atom stereocenters. The van der Waals surface area contributed by atoms with Gasteiger partial charge in [0.05, 0.1) is 0 Å². The number of hydrogen-bond donors (Lipinski definition) is 2. The first-order valence-electron chi connectivity index (χ1n) is 5.79. The van der Waals surface area contributed by atoms with E-state index in [1.807, 2.05) is 12.3 Å². The lowest BCUT2D eigenvalue weighted by molar-refractivity contribution is -0.121. The minimum Gasteiger partial charge on any atom is -0.356 e. The van der Waals surface area contributed by atoms with Crippen molar-refractivity contribution >= 4 is 30.7 Å². The third-order valence-electron chi connectivity index (χ3n) is 2.88. The summed E-state index contributed by atoms with van der Waals surface area (Å²) < 4.78 is 1.77. The Morgan fingerprint density at radius 1 is 1.50 bits per heavy atom. The van der Waals surface area contributed by atoms with E-state index in [1.54, 1.807) is 10.9 Å². The maximum Gasteiger partial charge on any atom is 0.221 e. The topological polar surface area (TPSA) is 59.0 Å². The molecule has 1 fully saturated rings. The molecule has 104 valence electrons. The van der Waals surface area contributed by atoms with Crippen LogP contribution < -0.4 is 10.6 Å². The molecule has 5 nitrogen and oxygen atoms in total. The molecule has 0 bridgehead atoms. The van der Waals surface area contributed by atoms with Gasteiger partial charge in [-0.05, 0) is 31.5 Å². The van der Waals surface area contributed by atoms with Crippen molar-refractivity contribution in [2.24, 2.45) is 5.92 Å². The van der Waals surface area contributed by atoms with E-state index in [4.69, 9.17) is 0 Å². The number of carbonyl (C=O) groups excluding carboxylic acids is 1. The molecule has 1 amide bonds. The van der Waals surface area contributed by atoms with Crippen LogP contribution in [0.4, 0.5) is 0 Å². The normalized spacial score (nSPS) is 17.7. The number of carbonyl (C=O) groups is 1. The Labute approximate surface area is 120 Å². The Morgan fingerprint density at radius 2 is 2.33 bits per heavy atom. The van der Waals surface area contributed by atoms with Gasteiger partial charge in [0.2, 0.25) is 5.91 Å². The van der Waals surface area contributed by atoms with Crippen molar-refractivity contribution in [3.8, 4) is 0 Å². The fourth-order valence-corrected chi connectivity index (χ4v) is 1.88. The van der Waals surface area contributed by atoms with E-state index in [-0.39, 0.29) is 30.7 Å². The van der Waals surface area contributed by atoms with Gasteiger partial charge in [0.1, 0.15) is 0 Å². The summed E-state index contributed by atoms with van der Waals surface area (Å²) in [5.74, 6) is 0.719. The van der Waals surface area contributed by atoms with E-state index < -0.39 is 0 Å². The molecule has 1 aliphatic heterocycles. The molecule has 2 rings (SSSR count). The van der Waals surface area contributed by atoms with Gasteiger partial charge in [0.15, 0.2) is 0 Å². The van der Waals surface area contributed by atoms with E-state index in [0.717, 1.165) is 19.6 Å². The molecule has 0 aromatic carbocycles. The number of amides is 1. The summed E-state index contributed by atoms with van der Waals surface area (Å²) in [4.78, 5) is 11.5. The maximum absolute atomic E-state index is 11.5. The van der Waals surface area contributed by atoms with E-state index in [9.17, 15) is 4.79 Å². The highest BCUT2D eigenvalue weighted by atomic mass is 35.5. The zero-order valence-corrected chi connectivity index (χ0v) is 11.8. The van der Waals surface area contributed by atoms with Crippen molar-refractivity contribution in [3.05, 3.63) is 18.5 Å². The van der Waals surface area contributed by atoms with E-state index in [2.05, 4.69) is 15.7 Å². The van der Waals surface area contributed by atoms with Gasteiger partial charge in [-0.3, -0.25) is 9.48 Å². The van der Waals surface area contributed by atoms with E-state index in [1.165, 1.54) is 6.42 Å². The quantitative estimate of drug-likeness (QED) is 0.846. The van der Waals surface area contributed by atoms with Crippen LogP contribution >= 0.6 is 24.8 Å². The van der Waals surface area contributed by atoms with Crippen molar-refractivity contribution in [3.63, 3.8) is 0 Å². The maximum atomic E-state index is 11.5. The summed E-state index contributed by atoms with van der Waals surface area (Å²) in [7, 11) is 0. The summed E-state index contributed by atoms with van der Waals surface area (Å²) in [6.07, 6.45) is 5.26. The van der Waals surface area contributed by atoms with Gasteiger partial charge in [-0.2, -0.15) is 5.10 Å². The predicted molar refractivity (Wildman–Crippen MR) is 75.3 cm³/mol. The van der Waals surface area contributed by atoms with Crippen molar-refractivity contribution in [2.45, 2.75) is 19.4 Å². The van der Waals surface area contributed by atoms with Crippen LogP contribution in [0.5, 0.6) is 0 Å². The van der Waals surface area contributed by atoms with Gasteiger partial charge in [-0.15, -0.1) is 24.8 Å². The minimum atomic E-state index is 0. The molecular weight excluding hydrogens is 275 g/mol. The predicted octanol–water partition coefficient (Wildman–Crippen LogP) is 0.842. The Hall–Kier alpha value is -0.780. The number of nitrogens with one attached hydrogen (secondary N) is 2. The van der Waals surface area contributed by atoms with Gasteiger partial charge in [-0.25, -0.2) is 0 Å². The smallest absolute Gasteiger partial charge is 0.221 e. The first-order valence-corrected chi connectivity index (χ1v) is 5.79. The second-order valence-electron chi connectivity index (χ2n) is 4.18. The molecule has 1 aliphatic rings. The SMILES string of the molecule is Cl.Cl.O=C(CCn1cccn1)NCC1CCNC1. The van der Waals surface area contributed by atoms with Gasteiger partial charge in [0, 0.05) is 31.9 Å². The molecule has 0 spiro atoms. The Balaban J connectivity index is 0.00000144. The summed E-state index contributed by atoms with van der Waals surface area (Å²) in [5.41, 5.74) is 0. The highest BCUT2D eigenvalue weighted by Gasteiger charge is 2.14. The van der Waals surface area contributed by atoms with Crippen molar-refractivity contribution in [1.82, 2.24) is 20.4 Å². The number of halogens is 2. The Kier molecular flexibility index (Phi) is 8.79. The molecule has 1 atom stereocenters. The van der Waals surface area contributed by atoms with Crippen LogP contribution in [0.3, 0.4) is 0 Å². The number of hydrogen-bond acceptors (Lipinski definition) is 3. The van der Waals surface area contributed by atoms with Crippen LogP contribution in [0.2, 0.25) is 0 Å². The molecule has 0 saturated carbocycles. The van der Waals surface area contributed by atoms with E-state index >= 15 is 0 Å². The average Bonchev–Trinajstić information content (AvgIpc) is 2.96. The van der Waals surface area contributed by atoms with Crippen molar-refractivity contribution in [1.29, 1.82) is 0 Å². The number of rotatable bonds is 5. The third-order valence-corrected chi connectivity index (χ3v) is 2.88. The third kappa shape index (κ3) is 5.71. The van der Waals surface area contributed by atoms with Crippen LogP contribution in [0.1, 0.15) is 12.8 Å². The molecule has 7 heteroatoms. The lowest BCUT2D eigenvalue weighted by Crippen LogP contribution is -2.30. The summed E-state index contributed by atoms with van der Waals surface area (Å²) in [6, 6.07) is 1.86. The standard InChI is InChI=1S/C11H18N4O.2ClH/c16-11(3-7-15-6-1-4-14-15)13-9-10-2-5-12-8-10;;/h1,4,6,10,12H,2-3,5,7-9H2,(H,13,16);2*1H. The van der Waals surface area contributed by atoms with Gasteiger partial charge < -0.3 is 10.6 Å². The molecule has 1 aromatic rings. The molecule has 18 heavy (non-hydrogen) atoms. The monoisotopic (exact) mass is 294 g/mol. The number of aromatic nitrogens is 2. The Morgan fingerprint density at radius 3 is 2.94 bits per heavy atom. The highest BCUT2D eigenvalue weighted by molar-refractivity contribution is 5.85. The lowest BCUT2D eigenvalue weighted by atomic mass is 10.1. The average molecular weight is 295 g/mol. The minimum absolute atomic E-state index is 0. The summed E-state index contributed by atoms with van der Waals surface area (Å²) in [5, 5.41) is 10.3. The molecule has 1 saturated heterocycles. The largest absolute Gasteiger partial charge is 0.356 e. The molecule has 2 N–H and O–H groups in total. The molecule has 2 heterocycles. The molecule has 0 aliphatic carbocycles. The van der Waals surface area contributed by atoms with Crippen LogP contribution in [-0.4, -0.2) is 35.3 Å². The summed E-state index contributed by atoms with van der Waals surface area (Å²) >= 11 is 0. The van der Waals surface area contributed by atoms with Crippen LogP contribution in [0.25, 0.3) is 0 Å². The Bertz CT molecular complexity index is 326. The fraction of sp³-hybridized carbons (Fsp3) is 0.636. The zero-order valence-electron chi connectivity index (χ0n) is 10.2. The van der Waals surface area contributed by atoms with Gasteiger partial charge >= 0.3 is 0 Å². The molecular formula is C11H20Cl2N4O. The first-order chi connectivity index (χ1) is 7.84. The van der Waals surface area contributed by atoms with E-state index in [0.29, 0.717) is 18.9 Å². The lowest BCUT2D eigenvalue weighted by Gasteiger charge is -2.09. The van der Waals surface area contributed by atoms with Crippen LogP contribution in [0.15, 0.2) is 18.5 Å². The second kappa shape index (κ2) is 9.19. The number of aryl methyl sites for hydroxylation is 1. The summed E-state index contributed by atoms with van der Waals surface area (Å²) in [6.45, 7) is 3.56. The zero-order chi connectivity index (χ0) is 11.2.